The van der Waals surface area contributed by atoms with Crippen molar-refractivity contribution in [3.8, 4) is 0 Å². The average Bonchev–Trinajstić information content (AvgIpc) is 0.592. The summed E-state index contributed by atoms with van der Waals surface area (Å²) >= 11 is -9.18. The second-order valence-corrected chi connectivity index (χ2v) is 14.4. The van der Waals surface area contributed by atoms with Crippen molar-refractivity contribution in [2.45, 2.75) is 0 Å². The van der Waals surface area contributed by atoms with Crippen molar-refractivity contribution >= 4 is 18.8 Å². The fraction of sp³-hybridized carbons (Fsp3) is 0. The Morgan fingerprint density at radius 3 is 0.857 bits per heavy atom. The van der Waals surface area contributed by atoms with Gasteiger partial charge in [0.15, 0.2) is 0 Å². The van der Waals surface area contributed by atoms with Crippen LogP contribution in [-0.2, 0) is 13.6 Å². The van der Waals surface area contributed by atoms with Crippen molar-refractivity contribution in [3.63, 3.8) is 0 Å². The van der Waals surface area contributed by atoms with Crippen LogP contribution in [0.2, 0.25) is 0 Å². The molecule has 0 saturated carbocycles. The molecular formula is Cl2F4Pt-2. The zero-order valence-corrected chi connectivity index (χ0v) is 6.37. The van der Waals surface area contributed by atoms with E-state index in [4.69, 9.17) is 0 Å². The van der Waals surface area contributed by atoms with Crippen LogP contribution in [0.15, 0.2) is 0 Å². The molecule has 7 heavy (non-hydrogen) atoms. The molecule has 7 heteroatoms. The summed E-state index contributed by atoms with van der Waals surface area (Å²) in [6, 6.07) is 0. The summed E-state index contributed by atoms with van der Waals surface area (Å²) in [4.78, 5) is 0. The molecule has 0 bridgehead atoms. The van der Waals surface area contributed by atoms with E-state index < -0.39 is 13.6 Å². The Balaban J connectivity index is 4.43. The van der Waals surface area contributed by atoms with Crippen molar-refractivity contribution in [2.24, 2.45) is 0 Å². The van der Waals surface area contributed by atoms with Crippen molar-refractivity contribution < 1.29 is 26.2 Å². The van der Waals surface area contributed by atoms with E-state index in [2.05, 4.69) is 18.8 Å². The van der Waals surface area contributed by atoms with Crippen molar-refractivity contribution in [1.82, 2.24) is 0 Å². The molecular weight excluding hydrogens is 342 g/mol. The molecule has 0 radical (unpaired) electrons. The van der Waals surface area contributed by atoms with Crippen molar-refractivity contribution in [2.75, 3.05) is 0 Å². The van der Waals surface area contributed by atoms with Crippen molar-refractivity contribution in [3.05, 3.63) is 0 Å². The third-order valence-corrected chi connectivity index (χ3v) is 0. The van der Waals surface area contributed by atoms with Gasteiger partial charge >= 0.3 is 45.0 Å². The molecule has 0 spiro atoms. The molecule has 0 saturated heterocycles. The Morgan fingerprint density at radius 1 is 0.857 bits per heavy atom. The van der Waals surface area contributed by atoms with E-state index in [1.165, 1.54) is 0 Å². The molecule has 0 fully saturated rings. The van der Waals surface area contributed by atoms with Crippen LogP contribution in [0.3, 0.4) is 0 Å². The maximum atomic E-state index is 10.8. The minimum atomic E-state index is -9.18. The van der Waals surface area contributed by atoms with E-state index in [0.29, 0.717) is 0 Å². The van der Waals surface area contributed by atoms with Crippen LogP contribution < -0.4 is 0 Å². The standard InChI is InChI=1S/2ClH.4FH.Pt/h6*1H;/q;;;;;;+4/p-6. The molecule has 0 nitrogen and oxygen atoms in total. The van der Waals surface area contributed by atoms with E-state index in [0.717, 1.165) is 0 Å². The van der Waals surface area contributed by atoms with E-state index >= 15 is 0 Å². The summed E-state index contributed by atoms with van der Waals surface area (Å²) in [5.74, 6) is 0. The third-order valence-electron chi connectivity index (χ3n) is 0. The van der Waals surface area contributed by atoms with Gasteiger partial charge in [-0.05, 0) is 0 Å². The fourth-order valence-corrected chi connectivity index (χ4v) is 0. The Bertz CT molecular complexity index is 68.3. The molecule has 0 heterocycles. The monoisotopic (exact) mass is 341 g/mol. The Morgan fingerprint density at radius 2 is 0.857 bits per heavy atom. The second-order valence-electron chi connectivity index (χ2n) is 0.678. The third kappa shape index (κ3) is 178. The first-order valence-corrected chi connectivity index (χ1v) is 9.78. The van der Waals surface area contributed by atoms with Gasteiger partial charge in [-0.1, -0.05) is 0 Å². The van der Waals surface area contributed by atoms with E-state index in [1.807, 2.05) is 0 Å². The molecule has 0 aliphatic rings. The predicted molar refractivity (Wildman–Crippen MR) is 16.1 cm³/mol. The summed E-state index contributed by atoms with van der Waals surface area (Å²) in [5, 5.41) is 0. The van der Waals surface area contributed by atoms with Gasteiger partial charge < -0.3 is 0 Å². The van der Waals surface area contributed by atoms with Crippen LogP contribution in [-0.4, -0.2) is 0 Å². The molecule has 0 amide bonds. The van der Waals surface area contributed by atoms with Gasteiger partial charge in [-0.25, -0.2) is 0 Å². The van der Waals surface area contributed by atoms with Gasteiger partial charge in [0.25, 0.3) is 0 Å². The summed E-state index contributed by atoms with van der Waals surface area (Å²) in [7, 11) is 6.65. The van der Waals surface area contributed by atoms with Gasteiger partial charge in [0.2, 0.25) is 0 Å². The topological polar surface area (TPSA) is 0 Å². The van der Waals surface area contributed by atoms with E-state index in [-0.39, 0.29) is 0 Å². The molecule has 0 rings (SSSR count). The van der Waals surface area contributed by atoms with Gasteiger partial charge in [-0.15, -0.1) is 0 Å². The summed E-state index contributed by atoms with van der Waals surface area (Å²) in [5.41, 5.74) is 0. The van der Waals surface area contributed by atoms with Crippen LogP contribution in [0, 0.1) is 0 Å². The molecule has 0 aromatic rings. The minimum absolute atomic E-state index is 3.32. The number of rotatable bonds is 0. The van der Waals surface area contributed by atoms with Gasteiger partial charge in [0.05, 0.1) is 0 Å². The van der Waals surface area contributed by atoms with Crippen LogP contribution in [0.5, 0.6) is 0 Å². The van der Waals surface area contributed by atoms with Gasteiger partial charge in [0, 0.05) is 0 Å². The maximum absolute atomic E-state index is 10.8. The molecule has 0 aliphatic heterocycles. The van der Waals surface area contributed by atoms with Crippen LogP contribution in [0.25, 0.3) is 0 Å². The summed E-state index contributed by atoms with van der Waals surface area (Å²) in [6.07, 6.45) is 0. The van der Waals surface area contributed by atoms with Gasteiger partial charge in [-0.3, -0.25) is 0 Å². The molecule has 0 aromatic heterocycles. The fourth-order valence-electron chi connectivity index (χ4n) is 0. The summed E-state index contributed by atoms with van der Waals surface area (Å²) < 4.78 is 43.1. The number of hydrogen-bond acceptors (Lipinski definition) is 0. The Kier molecular flexibility index (Phi) is 1.12. The SMILES string of the molecule is [F][Pt-2]([F])([F])([F])([Cl])[Cl]. The van der Waals surface area contributed by atoms with Crippen LogP contribution in [0.4, 0.5) is 12.6 Å². The number of halogens is 6. The average molecular weight is 342 g/mol. The van der Waals surface area contributed by atoms with Crippen LogP contribution in [0.1, 0.15) is 0 Å². The zero-order valence-electron chi connectivity index (χ0n) is 2.58. The summed E-state index contributed by atoms with van der Waals surface area (Å²) in [6.45, 7) is 0. The van der Waals surface area contributed by atoms with E-state index in [1.54, 1.807) is 0 Å². The molecule has 0 unspecified atom stereocenters. The normalized spacial score (nSPS) is 23.1. The molecule has 54 valence electrons. The van der Waals surface area contributed by atoms with Gasteiger partial charge in [0.1, 0.15) is 0 Å². The van der Waals surface area contributed by atoms with Crippen molar-refractivity contribution in [1.29, 1.82) is 0 Å². The molecule has 0 atom stereocenters. The second kappa shape index (κ2) is 0.980. The van der Waals surface area contributed by atoms with Gasteiger partial charge in [-0.2, -0.15) is 0 Å². The first kappa shape index (κ1) is 7.99. The molecule has 0 aromatic carbocycles. The zero-order chi connectivity index (χ0) is 6.41. The Hall–Kier alpha value is 0.988. The first-order valence-electron chi connectivity index (χ1n) is 0.717. The Labute approximate surface area is 45.3 Å². The van der Waals surface area contributed by atoms with E-state index in [9.17, 15) is 12.6 Å². The molecule has 0 N–H and O–H groups in total. The molecule has 0 aliphatic carbocycles. The van der Waals surface area contributed by atoms with Crippen LogP contribution >= 0.6 is 18.8 Å². The number of hydrogen-bond donors (Lipinski definition) is 0. The predicted octanol–water partition coefficient (Wildman–Crippen LogP) is 3.06. The quantitative estimate of drug-likeness (QED) is 0.594. The first-order chi connectivity index (χ1) is 2.45.